The molecule has 1 rings (SSSR count). The number of sulfonamides is 1. The molecule has 1 aromatic rings. The maximum Gasteiger partial charge on any atom is 0.350 e. The van der Waals surface area contributed by atoms with Crippen LogP contribution in [-0.4, -0.2) is 25.5 Å². The zero-order valence-electron chi connectivity index (χ0n) is 9.31. The van der Waals surface area contributed by atoms with Crippen LogP contribution in [-0.2, 0) is 23.1 Å². The largest absolute Gasteiger partial charge is 0.350 e. The van der Waals surface area contributed by atoms with Gasteiger partial charge in [-0.1, -0.05) is 24.3 Å². The summed E-state index contributed by atoms with van der Waals surface area (Å²) in [5.41, 5.74) is 6.85. The lowest BCUT2D eigenvalue weighted by Gasteiger charge is -2.18. The Labute approximate surface area is 99.1 Å². The van der Waals surface area contributed by atoms with Gasteiger partial charge in [0.15, 0.2) is 0 Å². The van der Waals surface area contributed by atoms with E-state index in [0.717, 1.165) is 12.6 Å². The van der Waals surface area contributed by atoms with Crippen LogP contribution in [0.1, 0.15) is 11.1 Å². The van der Waals surface area contributed by atoms with Crippen molar-refractivity contribution in [2.75, 3.05) is 7.05 Å². The summed E-state index contributed by atoms with van der Waals surface area (Å²) in [5, 5.41) is 0. The van der Waals surface area contributed by atoms with Gasteiger partial charge in [-0.25, -0.2) is 8.42 Å². The average Bonchev–Trinajstić information content (AvgIpc) is 2.29. The number of hydrogen-bond donors (Lipinski definition) is 1. The summed E-state index contributed by atoms with van der Waals surface area (Å²) in [6.07, 6.45) is 0. The minimum absolute atomic E-state index is 0.111. The first kappa shape index (κ1) is 14.0. The molecule has 0 saturated carbocycles. The van der Waals surface area contributed by atoms with Crippen molar-refractivity contribution in [2.45, 2.75) is 18.8 Å². The monoisotopic (exact) mass is 264 g/mol. The van der Waals surface area contributed by atoms with Gasteiger partial charge in [0.1, 0.15) is 0 Å². The molecular formula is C10H14F2N2O2S. The van der Waals surface area contributed by atoms with E-state index in [4.69, 9.17) is 5.73 Å². The highest BCUT2D eigenvalue weighted by Crippen LogP contribution is 2.16. The van der Waals surface area contributed by atoms with Crippen LogP contribution in [0.15, 0.2) is 24.3 Å². The summed E-state index contributed by atoms with van der Waals surface area (Å²) in [7, 11) is -3.42. The molecule has 0 aromatic heterocycles. The van der Waals surface area contributed by atoms with Crippen LogP contribution in [0.25, 0.3) is 0 Å². The highest BCUT2D eigenvalue weighted by molar-refractivity contribution is 7.89. The van der Waals surface area contributed by atoms with Gasteiger partial charge >= 0.3 is 5.76 Å². The number of alkyl halides is 2. The molecule has 0 saturated heterocycles. The molecule has 0 aliphatic heterocycles. The van der Waals surface area contributed by atoms with Gasteiger partial charge < -0.3 is 5.73 Å². The fraction of sp³-hybridized carbons (Fsp3) is 0.400. The van der Waals surface area contributed by atoms with Gasteiger partial charge in [0.2, 0.25) is 0 Å². The summed E-state index contributed by atoms with van der Waals surface area (Å²) in [4.78, 5) is 0. The van der Waals surface area contributed by atoms with Crippen molar-refractivity contribution in [3.05, 3.63) is 35.4 Å². The standard InChI is InChI=1S/C10H14F2N2O2S/c1-14(17(15,16)10(11)12)7-9-5-3-2-4-8(9)6-13/h2-5,10H,6-7,13H2,1H3. The number of halogens is 2. The first-order chi connectivity index (χ1) is 7.89. The van der Waals surface area contributed by atoms with Gasteiger partial charge in [-0.15, -0.1) is 0 Å². The van der Waals surface area contributed by atoms with Gasteiger partial charge in [0.05, 0.1) is 0 Å². The smallest absolute Gasteiger partial charge is 0.326 e. The molecular weight excluding hydrogens is 250 g/mol. The van der Waals surface area contributed by atoms with Crippen LogP contribution < -0.4 is 5.73 Å². The molecule has 0 amide bonds. The third kappa shape index (κ3) is 3.21. The van der Waals surface area contributed by atoms with Crippen molar-refractivity contribution in [1.82, 2.24) is 4.31 Å². The van der Waals surface area contributed by atoms with Crippen molar-refractivity contribution in [3.63, 3.8) is 0 Å². The summed E-state index contributed by atoms with van der Waals surface area (Å²) < 4.78 is 47.6. The van der Waals surface area contributed by atoms with E-state index in [2.05, 4.69) is 0 Å². The molecule has 0 unspecified atom stereocenters. The molecule has 2 N–H and O–H groups in total. The second kappa shape index (κ2) is 5.52. The average molecular weight is 264 g/mol. The summed E-state index contributed by atoms with van der Waals surface area (Å²) in [6, 6.07) is 6.86. The molecule has 0 heterocycles. The maximum atomic E-state index is 12.3. The highest BCUT2D eigenvalue weighted by atomic mass is 32.2. The molecule has 0 spiro atoms. The van der Waals surface area contributed by atoms with Crippen molar-refractivity contribution in [1.29, 1.82) is 0 Å². The van der Waals surface area contributed by atoms with Crippen molar-refractivity contribution in [2.24, 2.45) is 5.73 Å². The molecule has 0 aliphatic rings. The third-order valence-electron chi connectivity index (χ3n) is 2.39. The van der Waals surface area contributed by atoms with Gasteiger partial charge in [-0.05, 0) is 11.1 Å². The number of benzene rings is 1. The molecule has 0 radical (unpaired) electrons. The van der Waals surface area contributed by atoms with Crippen molar-refractivity contribution in [3.8, 4) is 0 Å². The van der Waals surface area contributed by atoms with E-state index in [1.807, 2.05) is 0 Å². The maximum absolute atomic E-state index is 12.3. The van der Waals surface area contributed by atoms with Gasteiger partial charge in [-0.2, -0.15) is 13.1 Å². The second-order valence-corrected chi connectivity index (χ2v) is 5.54. The quantitative estimate of drug-likeness (QED) is 0.867. The van der Waals surface area contributed by atoms with Gasteiger partial charge in [0.25, 0.3) is 10.0 Å². The van der Waals surface area contributed by atoms with Crippen molar-refractivity contribution >= 4 is 10.0 Å². The van der Waals surface area contributed by atoms with Crippen LogP contribution in [0, 0.1) is 0 Å². The lowest BCUT2D eigenvalue weighted by Crippen LogP contribution is -2.31. The van der Waals surface area contributed by atoms with Crippen LogP contribution in [0.3, 0.4) is 0 Å². The van der Waals surface area contributed by atoms with Crippen LogP contribution in [0.2, 0.25) is 0 Å². The number of rotatable bonds is 5. The Hall–Kier alpha value is -1.05. The second-order valence-electron chi connectivity index (χ2n) is 3.53. The molecule has 17 heavy (non-hydrogen) atoms. The Balaban J connectivity index is 2.92. The number of nitrogens with two attached hydrogens (primary N) is 1. The minimum Gasteiger partial charge on any atom is -0.326 e. The number of nitrogens with zero attached hydrogens (tertiary/aromatic N) is 1. The van der Waals surface area contributed by atoms with Crippen LogP contribution in [0.5, 0.6) is 0 Å². The van der Waals surface area contributed by atoms with E-state index in [-0.39, 0.29) is 13.1 Å². The molecule has 0 bridgehead atoms. The Morgan fingerprint density at radius 1 is 1.29 bits per heavy atom. The third-order valence-corrected chi connectivity index (χ3v) is 3.84. The summed E-state index contributed by atoms with van der Waals surface area (Å²) in [6.45, 7) is 0.124. The van der Waals surface area contributed by atoms with Gasteiger partial charge in [0, 0.05) is 20.1 Å². The van der Waals surface area contributed by atoms with E-state index >= 15 is 0 Å². The Bertz CT molecular complexity index is 477. The topological polar surface area (TPSA) is 63.4 Å². The minimum atomic E-state index is -4.54. The molecule has 4 nitrogen and oxygen atoms in total. The lowest BCUT2D eigenvalue weighted by molar-refractivity contribution is 0.222. The Kier molecular flexibility index (Phi) is 4.55. The molecule has 0 aliphatic carbocycles. The molecule has 0 atom stereocenters. The summed E-state index contributed by atoms with van der Waals surface area (Å²) in [5.74, 6) is -3.41. The van der Waals surface area contributed by atoms with Crippen LogP contribution in [0.4, 0.5) is 8.78 Å². The fourth-order valence-electron chi connectivity index (χ4n) is 1.38. The van der Waals surface area contributed by atoms with E-state index in [1.54, 1.807) is 24.3 Å². The zero-order chi connectivity index (χ0) is 13.1. The van der Waals surface area contributed by atoms with E-state index in [9.17, 15) is 17.2 Å². The first-order valence-corrected chi connectivity index (χ1v) is 6.40. The molecule has 0 fully saturated rings. The van der Waals surface area contributed by atoms with Crippen LogP contribution >= 0.6 is 0 Å². The lowest BCUT2D eigenvalue weighted by atomic mass is 10.1. The number of hydrogen-bond acceptors (Lipinski definition) is 3. The first-order valence-electron chi connectivity index (χ1n) is 4.89. The molecule has 7 heteroatoms. The Morgan fingerprint density at radius 3 is 2.29 bits per heavy atom. The molecule has 96 valence electrons. The van der Waals surface area contributed by atoms with E-state index in [0.29, 0.717) is 9.87 Å². The predicted molar refractivity (Wildman–Crippen MR) is 60.7 cm³/mol. The Morgan fingerprint density at radius 2 is 1.82 bits per heavy atom. The zero-order valence-corrected chi connectivity index (χ0v) is 10.1. The molecule has 1 aromatic carbocycles. The van der Waals surface area contributed by atoms with Crippen molar-refractivity contribution < 1.29 is 17.2 Å². The summed E-state index contributed by atoms with van der Waals surface area (Å²) >= 11 is 0. The van der Waals surface area contributed by atoms with E-state index < -0.39 is 15.8 Å². The van der Waals surface area contributed by atoms with Gasteiger partial charge in [-0.3, -0.25) is 0 Å². The van der Waals surface area contributed by atoms with E-state index in [1.165, 1.54) is 0 Å². The highest BCUT2D eigenvalue weighted by Gasteiger charge is 2.29. The SMILES string of the molecule is CN(Cc1ccccc1CN)S(=O)(=O)C(F)F. The normalized spacial score (nSPS) is 12.4. The predicted octanol–water partition coefficient (Wildman–Crippen LogP) is 1.13. The fourth-order valence-corrected chi connectivity index (χ4v) is 1.97.